The number of nitrogens with one attached hydrogen (secondary N) is 1. The number of thiophene rings is 1. The molecule has 1 fully saturated rings. The average Bonchev–Trinajstić information content (AvgIpc) is 3.17. The molecule has 0 unspecified atom stereocenters. The van der Waals surface area contributed by atoms with E-state index in [0.717, 1.165) is 18.8 Å². The Labute approximate surface area is 182 Å². The monoisotopic (exact) mass is 420 g/mol. The Kier molecular flexibility index (Phi) is 7.16. The number of anilines is 2. The highest BCUT2D eigenvalue weighted by molar-refractivity contribution is 7.10. The third kappa shape index (κ3) is 5.49. The molecule has 156 valence electrons. The van der Waals surface area contributed by atoms with Crippen LogP contribution < -0.4 is 15.5 Å². The van der Waals surface area contributed by atoms with E-state index in [9.17, 15) is 4.79 Å². The van der Waals surface area contributed by atoms with E-state index in [1.54, 1.807) is 11.3 Å². The molecule has 0 spiro atoms. The van der Waals surface area contributed by atoms with Crippen LogP contribution in [0.4, 0.5) is 11.4 Å². The van der Waals surface area contributed by atoms with Gasteiger partial charge in [0.05, 0.1) is 4.88 Å². The lowest BCUT2D eigenvalue weighted by atomic mass is 10.1. The smallest absolute Gasteiger partial charge is 0.279 e. The Morgan fingerprint density at radius 1 is 0.933 bits per heavy atom. The molecule has 5 heteroatoms. The summed E-state index contributed by atoms with van der Waals surface area (Å²) < 4.78 is 0. The summed E-state index contributed by atoms with van der Waals surface area (Å²) in [7, 11) is 0. The van der Waals surface area contributed by atoms with E-state index >= 15 is 0 Å². The van der Waals surface area contributed by atoms with Gasteiger partial charge in [0.2, 0.25) is 0 Å². The van der Waals surface area contributed by atoms with Crippen molar-refractivity contribution in [3.05, 3.63) is 82.6 Å². The van der Waals surface area contributed by atoms with Crippen LogP contribution in [0.3, 0.4) is 0 Å². The minimum absolute atomic E-state index is 0.0232. The predicted molar refractivity (Wildman–Crippen MR) is 125 cm³/mol. The lowest BCUT2D eigenvalue weighted by Gasteiger charge is -2.22. The molecule has 1 aliphatic heterocycles. The fourth-order valence-electron chi connectivity index (χ4n) is 4.07. The fourth-order valence-corrected chi connectivity index (χ4v) is 4.92. The largest absolute Gasteiger partial charge is 0.372 e. The Hall–Kier alpha value is -2.63. The molecule has 1 aromatic heterocycles. The van der Waals surface area contributed by atoms with E-state index in [1.165, 1.54) is 41.8 Å². The van der Waals surface area contributed by atoms with E-state index < -0.39 is 0 Å². The molecular formula is C25H30N3OS+. The number of carbonyl (C=O) groups excluding carboxylic acids is 1. The van der Waals surface area contributed by atoms with Crippen LogP contribution in [0.2, 0.25) is 0 Å². The number of rotatable bonds is 7. The number of quaternary nitrogens is 1. The molecule has 4 nitrogen and oxygen atoms in total. The van der Waals surface area contributed by atoms with Gasteiger partial charge in [-0.15, -0.1) is 11.3 Å². The van der Waals surface area contributed by atoms with E-state index in [1.807, 2.05) is 18.2 Å². The van der Waals surface area contributed by atoms with Gasteiger partial charge in [0.1, 0.15) is 6.04 Å². The molecule has 4 rings (SSSR count). The molecule has 2 heterocycles. The summed E-state index contributed by atoms with van der Waals surface area (Å²) in [5.41, 5.74) is 3.33. The van der Waals surface area contributed by atoms with Crippen LogP contribution in [0.5, 0.6) is 0 Å². The molecule has 0 saturated carbocycles. The summed E-state index contributed by atoms with van der Waals surface area (Å²) in [6.07, 6.45) is 5.19. The van der Waals surface area contributed by atoms with Crippen LogP contribution in [0.1, 0.15) is 42.2 Å². The first-order chi connectivity index (χ1) is 14.8. The minimum atomic E-state index is 0.0232. The summed E-state index contributed by atoms with van der Waals surface area (Å²) in [4.78, 5) is 16.3. The van der Waals surface area contributed by atoms with Crippen LogP contribution in [-0.2, 0) is 4.79 Å². The number of hydrogen-bond donors (Lipinski definition) is 2. The maximum absolute atomic E-state index is 12.6. The zero-order chi connectivity index (χ0) is 20.6. The van der Waals surface area contributed by atoms with Crippen LogP contribution >= 0.6 is 11.3 Å². The van der Waals surface area contributed by atoms with Gasteiger partial charge in [-0.25, -0.2) is 0 Å². The van der Waals surface area contributed by atoms with Crippen molar-refractivity contribution >= 4 is 28.6 Å². The summed E-state index contributed by atoms with van der Waals surface area (Å²) in [6, 6.07) is 23.0. The highest BCUT2D eigenvalue weighted by Gasteiger charge is 2.20. The van der Waals surface area contributed by atoms with Crippen molar-refractivity contribution < 1.29 is 10.1 Å². The van der Waals surface area contributed by atoms with Gasteiger partial charge in [0.15, 0.2) is 6.54 Å². The number of carbonyl (C=O) groups is 1. The fraction of sp³-hybridized carbons (Fsp3) is 0.320. The zero-order valence-corrected chi connectivity index (χ0v) is 18.1. The number of benzene rings is 2. The topological polar surface area (TPSA) is 49.0 Å². The summed E-state index contributed by atoms with van der Waals surface area (Å²) in [5, 5.41) is 7.25. The van der Waals surface area contributed by atoms with Gasteiger partial charge in [-0.05, 0) is 48.6 Å². The molecular weight excluding hydrogens is 390 g/mol. The number of amides is 1. The molecule has 0 aliphatic carbocycles. The Balaban J connectivity index is 1.34. The predicted octanol–water partition coefficient (Wildman–Crippen LogP) is 4.42. The van der Waals surface area contributed by atoms with E-state index in [2.05, 4.69) is 69.4 Å². The van der Waals surface area contributed by atoms with E-state index in [4.69, 9.17) is 0 Å². The second kappa shape index (κ2) is 10.4. The quantitative estimate of drug-likeness (QED) is 0.594. The van der Waals surface area contributed by atoms with Crippen molar-refractivity contribution in [1.82, 2.24) is 0 Å². The highest BCUT2D eigenvalue weighted by atomic mass is 32.1. The summed E-state index contributed by atoms with van der Waals surface area (Å²) in [5.74, 6) is 0.0232. The minimum Gasteiger partial charge on any atom is -0.372 e. The molecule has 1 saturated heterocycles. The van der Waals surface area contributed by atoms with Crippen molar-refractivity contribution in [2.45, 2.75) is 31.7 Å². The van der Waals surface area contributed by atoms with Gasteiger partial charge in [-0.3, -0.25) is 4.79 Å². The molecule has 1 aliphatic rings. The van der Waals surface area contributed by atoms with Crippen molar-refractivity contribution in [3.63, 3.8) is 0 Å². The second-order valence-corrected chi connectivity index (χ2v) is 8.82. The van der Waals surface area contributed by atoms with Crippen LogP contribution in [0.15, 0.2) is 72.1 Å². The van der Waals surface area contributed by atoms with Gasteiger partial charge in [0, 0.05) is 30.0 Å². The van der Waals surface area contributed by atoms with Gasteiger partial charge in [0.25, 0.3) is 5.91 Å². The molecule has 1 amide bonds. The van der Waals surface area contributed by atoms with Crippen LogP contribution in [0.25, 0.3) is 0 Å². The lowest BCUT2D eigenvalue weighted by molar-refractivity contribution is -0.675. The molecule has 0 radical (unpaired) electrons. The first-order valence-electron chi connectivity index (χ1n) is 10.9. The Bertz CT molecular complexity index is 901. The van der Waals surface area contributed by atoms with Crippen molar-refractivity contribution in [3.8, 4) is 0 Å². The standard InChI is InChI=1S/C25H29N3OS/c29-24(19-26-25(23-11-8-18-30-23)20-9-4-3-5-10-20)27-21-12-14-22(15-13-21)28-16-6-1-2-7-17-28/h3-5,8-15,18,25-26H,1-2,6-7,16-17,19H2,(H,27,29)/p+1/t25-/m1/s1. The third-order valence-corrected chi connectivity index (χ3v) is 6.63. The second-order valence-electron chi connectivity index (χ2n) is 7.84. The van der Waals surface area contributed by atoms with E-state index in [-0.39, 0.29) is 11.9 Å². The SMILES string of the molecule is O=C(C[NH2+][C@H](c1ccccc1)c1cccs1)Nc1ccc(N2CCCCCC2)cc1. The Morgan fingerprint density at radius 3 is 2.33 bits per heavy atom. The van der Waals surface area contributed by atoms with Gasteiger partial charge >= 0.3 is 0 Å². The maximum Gasteiger partial charge on any atom is 0.279 e. The van der Waals surface area contributed by atoms with Crippen LogP contribution in [-0.4, -0.2) is 25.5 Å². The zero-order valence-electron chi connectivity index (χ0n) is 17.3. The average molecular weight is 421 g/mol. The van der Waals surface area contributed by atoms with E-state index in [0.29, 0.717) is 6.54 Å². The lowest BCUT2D eigenvalue weighted by Crippen LogP contribution is -2.87. The van der Waals surface area contributed by atoms with Gasteiger partial charge in [-0.1, -0.05) is 49.2 Å². The molecule has 30 heavy (non-hydrogen) atoms. The normalized spacial score (nSPS) is 15.4. The summed E-state index contributed by atoms with van der Waals surface area (Å²) in [6.45, 7) is 2.64. The third-order valence-electron chi connectivity index (χ3n) is 5.67. The molecule has 3 N–H and O–H groups in total. The first-order valence-corrected chi connectivity index (χ1v) is 11.7. The number of nitrogens with zero attached hydrogens (tertiary/aromatic N) is 1. The molecule has 3 aromatic rings. The summed E-state index contributed by atoms with van der Waals surface area (Å²) >= 11 is 1.73. The molecule has 2 aromatic carbocycles. The maximum atomic E-state index is 12.6. The van der Waals surface area contributed by atoms with Gasteiger partial charge in [-0.2, -0.15) is 0 Å². The Morgan fingerprint density at radius 2 is 1.67 bits per heavy atom. The number of hydrogen-bond acceptors (Lipinski definition) is 3. The number of nitrogens with two attached hydrogens (primary N) is 1. The highest BCUT2D eigenvalue weighted by Crippen LogP contribution is 2.23. The molecule has 0 bridgehead atoms. The van der Waals surface area contributed by atoms with Crippen molar-refractivity contribution in [1.29, 1.82) is 0 Å². The van der Waals surface area contributed by atoms with Crippen molar-refractivity contribution in [2.24, 2.45) is 0 Å². The molecule has 1 atom stereocenters. The van der Waals surface area contributed by atoms with Gasteiger partial charge < -0.3 is 15.5 Å². The van der Waals surface area contributed by atoms with Crippen molar-refractivity contribution in [2.75, 3.05) is 29.9 Å². The van der Waals surface area contributed by atoms with Crippen LogP contribution in [0, 0.1) is 0 Å². The first kappa shape index (κ1) is 20.6.